The lowest BCUT2D eigenvalue weighted by atomic mass is 9.80. The summed E-state index contributed by atoms with van der Waals surface area (Å²) in [4.78, 5) is 22.6. The lowest BCUT2D eigenvalue weighted by Crippen LogP contribution is -2.65. The average Bonchev–Trinajstić information content (AvgIpc) is 2.42. The molecule has 16 heavy (non-hydrogen) atoms. The van der Waals surface area contributed by atoms with Gasteiger partial charge in [0.1, 0.15) is 6.10 Å². The molecule has 1 saturated heterocycles. The Morgan fingerprint density at radius 2 is 2.00 bits per heavy atom. The summed E-state index contributed by atoms with van der Waals surface area (Å²) in [6.07, 6.45) is -2.77. The third-order valence-corrected chi connectivity index (χ3v) is 3.14. The van der Waals surface area contributed by atoms with Gasteiger partial charge in [0.05, 0.1) is 12.0 Å². The Hall–Kier alpha value is -1.14. The normalized spacial score (nSPS) is 36.2. The zero-order chi connectivity index (χ0) is 12.7. The summed E-state index contributed by atoms with van der Waals surface area (Å²) in [6.45, 7) is 4.67. The molecular weight excluding hydrogens is 214 g/mol. The molecule has 0 spiro atoms. The fourth-order valence-corrected chi connectivity index (χ4v) is 2.01. The van der Waals surface area contributed by atoms with Crippen LogP contribution in [0.1, 0.15) is 20.8 Å². The number of aliphatic hydroxyl groups excluding tert-OH is 2. The summed E-state index contributed by atoms with van der Waals surface area (Å²) >= 11 is 0. The molecule has 4 atom stereocenters. The molecule has 0 radical (unpaired) electrons. The number of hydrogen-bond donors (Lipinski definition) is 4. The zero-order valence-electron chi connectivity index (χ0n) is 9.47. The lowest BCUT2D eigenvalue weighted by Gasteiger charge is -2.35. The first kappa shape index (κ1) is 12.9. The second-order valence-corrected chi connectivity index (χ2v) is 4.59. The third-order valence-electron chi connectivity index (χ3n) is 3.14. The van der Waals surface area contributed by atoms with Crippen molar-refractivity contribution in [2.45, 2.75) is 38.5 Å². The van der Waals surface area contributed by atoms with Crippen molar-refractivity contribution in [2.24, 2.45) is 11.8 Å². The van der Waals surface area contributed by atoms with Gasteiger partial charge in [-0.25, -0.2) is 4.79 Å². The maximum Gasteiger partial charge on any atom is 0.334 e. The number of aliphatic carboxylic acids is 1. The first-order valence-electron chi connectivity index (χ1n) is 5.16. The summed E-state index contributed by atoms with van der Waals surface area (Å²) in [7, 11) is 0. The van der Waals surface area contributed by atoms with E-state index in [2.05, 4.69) is 5.32 Å². The number of nitrogens with one attached hydrogen (secondary N) is 1. The summed E-state index contributed by atoms with van der Waals surface area (Å²) < 4.78 is 0. The van der Waals surface area contributed by atoms with Gasteiger partial charge in [0.15, 0.2) is 5.54 Å². The van der Waals surface area contributed by atoms with E-state index in [0.29, 0.717) is 0 Å². The minimum atomic E-state index is -2.00. The molecule has 0 bridgehead atoms. The number of amides is 1. The van der Waals surface area contributed by atoms with Crippen LogP contribution in [-0.4, -0.2) is 44.9 Å². The highest BCUT2D eigenvalue weighted by molar-refractivity contribution is 5.94. The van der Waals surface area contributed by atoms with E-state index in [-0.39, 0.29) is 0 Å². The molecule has 92 valence electrons. The fraction of sp³-hybridized carbons (Fsp3) is 0.800. The van der Waals surface area contributed by atoms with Crippen LogP contribution in [-0.2, 0) is 9.59 Å². The van der Waals surface area contributed by atoms with Gasteiger partial charge in [-0.3, -0.25) is 4.79 Å². The van der Waals surface area contributed by atoms with E-state index in [1.807, 2.05) is 0 Å². The van der Waals surface area contributed by atoms with E-state index in [4.69, 9.17) is 5.11 Å². The largest absolute Gasteiger partial charge is 0.479 e. The Labute approximate surface area is 93.3 Å². The summed E-state index contributed by atoms with van der Waals surface area (Å²) in [5, 5.41) is 31.1. The number of carboxylic acids is 1. The van der Waals surface area contributed by atoms with Gasteiger partial charge in [0, 0.05) is 0 Å². The highest BCUT2D eigenvalue weighted by atomic mass is 16.4. The predicted molar refractivity (Wildman–Crippen MR) is 54.5 cm³/mol. The molecule has 1 heterocycles. The third kappa shape index (κ3) is 1.58. The standard InChI is InChI=1S/C10H17NO5/c1-4(2)6(12)10(9(15)16)7(13)5(3)8(14)11-10/h4-7,12-13H,1-3H3,(H,11,14)(H,15,16)/t5-,6-,7+,10-/m1/s1. The Kier molecular flexibility index (Phi) is 3.25. The molecule has 0 aromatic carbocycles. The van der Waals surface area contributed by atoms with Crippen LogP contribution in [0.5, 0.6) is 0 Å². The second kappa shape index (κ2) is 4.03. The molecule has 0 unspecified atom stereocenters. The van der Waals surface area contributed by atoms with Crippen molar-refractivity contribution in [3.63, 3.8) is 0 Å². The maximum atomic E-state index is 11.4. The van der Waals surface area contributed by atoms with Crippen molar-refractivity contribution >= 4 is 11.9 Å². The Morgan fingerprint density at radius 1 is 1.50 bits per heavy atom. The van der Waals surface area contributed by atoms with Crippen LogP contribution >= 0.6 is 0 Å². The fourth-order valence-electron chi connectivity index (χ4n) is 2.01. The van der Waals surface area contributed by atoms with E-state index in [1.54, 1.807) is 13.8 Å². The number of carbonyl (C=O) groups is 2. The van der Waals surface area contributed by atoms with E-state index in [1.165, 1.54) is 6.92 Å². The molecule has 1 aliphatic rings. The van der Waals surface area contributed by atoms with Gasteiger partial charge < -0.3 is 20.6 Å². The zero-order valence-corrected chi connectivity index (χ0v) is 9.47. The number of rotatable bonds is 3. The summed E-state index contributed by atoms with van der Waals surface area (Å²) in [6, 6.07) is 0. The molecule has 0 aromatic heterocycles. The Bertz CT molecular complexity index is 316. The molecule has 6 heteroatoms. The summed E-state index contributed by atoms with van der Waals surface area (Å²) in [5.41, 5.74) is -2.00. The molecule has 6 nitrogen and oxygen atoms in total. The molecule has 4 N–H and O–H groups in total. The predicted octanol–water partition coefficient (Wildman–Crippen LogP) is -1.05. The lowest BCUT2D eigenvalue weighted by molar-refractivity contribution is -0.158. The van der Waals surface area contributed by atoms with Gasteiger partial charge in [0.25, 0.3) is 0 Å². The highest BCUT2D eigenvalue weighted by Gasteiger charge is 2.61. The highest BCUT2D eigenvalue weighted by Crippen LogP contribution is 2.32. The molecule has 1 amide bonds. The molecule has 1 rings (SSSR count). The van der Waals surface area contributed by atoms with Crippen LogP contribution in [0.15, 0.2) is 0 Å². The SMILES string of the molecule is CC(C)[C@@H](O)[C@@]1(C(=O)O)NC(=O)[C@H](C)[C@@H]1O. The van der Waals surface area contributed by atoms with Gasteiger partial charge in [-0.1, -0.05) is 20.8 Å². The molecule has 1 fully saturated rings. The molecule has 0 aliphatic carbocycles. The number of hydrogen-bond acceptors (Lipinski definition) is 4. The van der Waals surface area contributed by atoms with Crippen LogP contribution in [0, 0.1) is 11.8 Å². The van der Waals surface area contributed by atoms with Crippen molar-refractivity contribution in [1.82, 2.24) is 5.32 Å². The van der Waals surface area contributed by atoms with Crippen molar-refractivity contribution < 1.29 is 24.9 Å². The first-order valence-corrected chi connectivity index (χ1v) is 5.16. The molecular formula is C10H17NO5. The van der Waals surface area contributed by atoms with Crippen LogP contribution in [0.4, 0.5) is 0 Å². The van der Waals surface area contributed by atoms with E-state index >= 15 is 0 Å². The van der Waals surface area contributed by atoms with Crippen molar-refractivity contribution in [3.8, 4) is 0 Å². The van der Waals surface area contributed by atoms with Gasteiger partial charge in [0.2, 0.25) is 5.91 Å². The Balaban J connectivity index is 3.18. The average molecular weight is 231 g/mol. The van der Waals surface area contributed by atoms with Crippen LogP contribution < -0.4 is 5.32 Å². The van der Waals surface area contributed by atoms with E-state index < -0.39 is 41.5 Å². The maximum absolute atomic E-state index is 11.4. The monoisotopic (exact) mass is 231 g/mol. The summed E-state index contributed by atoms with van der Waals surface area (Å²) in [5.74, 6) is -3.21. The van der Waals surface area contributed by atoms with Gasteiger partial charge >= 0.3 is 5.97 Å². The smallest absolute Gasteiger partial charge is 0.334 e. The van der Waals surface area contributed by atoms with Crippen molar-refractivity contribution in [3.05, 3.63) is 0 Å². The van der Waals surface area contributed by atoms with Crippen molar-refractivity contribution in [2.75, 3.05) is 0 Å². The van der Waals surface area contributed by atoms with Crippen LogP contribution in [0.3, 0.4) is 0 Å². The van der Waals surface area contributed by atoms with Gasteiger partial charge in [-0.05, 0) is 5.92 Å². The minimum Gasteiger partial charge on any atom is -0.479 e. The van der Waals surface area contributed by atoms with Crippen LogP contribution in [0.25, 0.3) is 0 Å². The quantitative estimate of drug-likeness (QED) is 0.496. The van der Waals surface area contributed by atoms with Crippen molar-refractivity contribution in [1.29, 1.82) is 0 Å². The molecule has 1 aliphatic heterocycles. The first-order chi connectivity index (χ1) is 7.25. The topological polar surface area (TPSA) is 107 Å². The number of carbonyl (C=O) groups excluding carboxylic acids is 1. The van der Waals surface area contributed by atoms with Crippen LogP contribution in [0.2, 0.25) is 0 Å². The van der Waals surface area contributed by atoms with E-state index in [9.17, 15) is 19.8 Å². The number of carboxylic acid groups (broad SMARTS) is 1. The molecule has 0 aromatic rings. The van der Waals surface area contributed by atoms with Gasteiger partial charge in [-0.15, -0.1) is 0 Å². The van der Waals surface area contributed by atoms with E-state index in [0.717, 1.165) is 0 Å². The Morgan fingerprint density at radius 3 is 2.25 bits per heavy atom. The number of aliphatic hydroxyl groups is 2. The molecule has 0 saturated carbocycles. The second-order valence-electron chi connectivity index (χ2n) is 4.59. The van der Waals surface area contributed by atoms with Gasteiger partial charge in [-0.2, -0.15) is 0 Å². The minimum absolute atomic E-state index is 0.392.